The maximum absolute atomic E-state index is 3.50. The van der Waals surface area contributed by atoms with Crippen molar-refractivity contribution < 1.29 is 0 Å². The van der Waals surface area contributed by atoms with Crippen LogP contribution < -0.4 is 5.32 Å². The van der Waals surface area contributed by atoms with Crippen molar-refractivity contribution >= 4 is 0 Å². The summed E-state index contributed by atoms with van der Waals surface area (Å²) in [6, 6.07) is 0. The molecule has 0 saturated carbocycles. The van der Waals surface area contributed by atoms with Gasteiger partial charge >= 0.3 is 0 Å². The molecule has 1 aliphatic heterocycles. The van der Waals surface area contributed by atoms with Crippen molar-refractivity contribution in [2.75, 3.05) is 13.1 Å². The van der Waals surface area contributed by atoms with Crippen molar-refractivity contribution in [1.82, 2.24) is 5.32 Å². The highest BCUT2D eigenvalue weighted by Crippen LogP contribution is 2.26. The van der Waals surface area contributed by atoms with E-state index in [1.165, 1.54) is 32.4 Å². The first-order chi connectivity index (χ1) is 5.70. The molecular weight excluding hydrogens is 146 g/mol. The molecule has 1 heterocycles. The zero-order chi connectivity index (χ0) is 8.97. The molecule has 1 fully saturated rings. The predicted octanol–water partition coefficient (Wildman–Crippen LogP) is 2.67. The molecule has 1 N–H and O–H groups in total. The monoisotopic (exact) mass is 169 g/mol. The van der Waals surface area contributed by atoms with Crippen molar-refractivity contribution in [3.8, 4) is 0 Å². The highest BCUT2D eigenvalue weighted by atomic mass is 14.9. The molecule has 1 heteroatoms. The first-order valence-electron chi connectivity index (χ1n) is 5.41. The summed E-state index contributed by atoms with van der Waals surface area (Å²) in [6.45, 7) is 9.54. The quantitative estimate of drug-likeness (QED) is 0.670. The Bertz CT molecular complexity index is 120. The highest BCUT2D eigenvalue weighted by Gasteiger charge is 2.19. The molecule has 0 aliphatic carbocycles. The van der Waals surface area contributed by atoms with Gasteiger partial charge in [0.05, 0.1) is 0 Å². The van der Waals surface area contributed by atoms with Crippen LogP contribution in [0.2, 0.25) is 0 Å². The summed E-state index contributed by atoms with van der Waals surface area (Å²) in [4.78, 5) is 0. The summed E-state index contributed by atoms with van der Waals surface area (Å²) in [6.07, 6.45) is 4.23. The lowest BCUT2D eigenvalue weighted by Gasteiger charge is -2.22. The Kier molecular flexibility index (Phi) is 4.07. The smallest absolute Gasteiger partial charge is 0.00205 e. The SMILES string of the molecule is CC(C)C[C@@H]1CCCNCC1C. The van der Waals surface area contributed by atoms with Crippen LogP contribution >= 0.6 is 0 Å². The molecule has 1 rings (SSSR count). The summed E-state index contributed by atoms with van der Waals surface area (Å²) < 4.78 is 0. The number of nitrogens with one attached hydrogen (secondary N) is 1. The van der Waals surface area contributed by atoms with E-state index in [2.05, 4.69) is 26.1 Å². The summed E-state index contributed by atoms with van der Waals surface area (Å²) in [5, 5.41) is 3.50. The maximum atomic E-state index is 3.50. The van der Waals surface area contributed by atoms with Crippen molar-refractivity contribution in [3.05, 3.63) is 0 Å². The molecule has 0 aromatic carbocycles. The van der Waals surface area contributed by atoms with E-state index in [0.717, 1.165) is 17.8 Å². The molecule has 72 valence electrons. The molecule has 12 heavy (non-hydrogen) atoms. The molecule has 1 unspecified atom stereocenters. The Morgan fingerprint density at radius 1 is 1.42 bits per heavy atom. The molecule has 1 nitrogen and oxygen atoms in total. The lowest BCUT2D eigenvalue weighted by atomic mass is 9.84. The minimum atomic E-state index is 0.871. The van der Waals surface area contributed by atoms with Crippen molar-refractivity contribution in [2.45, 2.75) is 40.0 Å². The lowest BCUT2D eigenvalue weighted by molar-refractivity contribution is 0.294. The Morgan fingerprint density at radius 2 is 2.17 bits per heavy atom. The summed E-state index contributed by atoms with van der Waals surface area (Å²) >= 11 is 0. The second-order valence-electron chi connectivity index (χ2n) is 4.71. The first kappa shape index (κ1) is 10.0. The lowest BCUT2D eigenvalue weighted by Crippen LogP contribution is -2.23. The van der Waals surface area contributed by atoms with Crippen LogP contribution in [0, 0.1) is 17.8 Å². The highest BCUT2D eigenvalue weighted by molar-refractivity contribution is 4.73. The van der Waals surface area contributed by atoms with Crippen LogP contribution in [0.15, 0.2) is 0 Å². The fourth-order valence-corrected chi connectivity index (χ4v) is 2.23. The van der Waals surface area contributed by atoms with E-state index >= 15 is 0 Å². The van der Waals surface area contributed by atoms with Gasteiger partial charge in [0.25, 0.3) is 0 Å². The van der Waals surface area contributed by atoms with Gasteiger partial charge < -0.3 is 5.32 Å². The third-order valence-electron chi connectivity index (χ3n) is 2.97. The minimum absolute atomic E-state index is 0.871. The topological polar surface area (TPSA) is 12.0 Å². The van der Waals surface area contributed by atoms with Gasteiger partial charge in [-0.25, -0.2) is 0 Å². The van der Waals surface area contributed by atoms with Crippen LogP contribution in [0.4, 0.5) is 0 Å². The average molecular weight is 169 g/mol. The van der Waals surface area contributed by atoms with Crippen LogP contribution in [0.5, 0.6) is 0 Å². The van der Waals surface area contributed by atoms with E-state index in [1.54, 1.807) is 0 Å². The summed E-state index contributed by atoms with van der Waals surface area (Å²) in [5.74, 6) is 2.73. The van der Waals surface area contributed by atoms with Gasteiger partial charge in [0, 0.05) is 0 Å². The van der Waals surface area contributed by atoms with E-state index in [0.29, 0.717) is 0 Å². The molecule has 0 bridgehead atoms. The Labute approximate surface area is 76.9 Å². The minimum Gasteiger partial charge on any atom is -0.316 e. The third kappa shape index (κ3) is 3.14. The van der Waals surface area contributed by atoms with Gasteiger partial charge in [-0.3, -0.25) is 0 Å². The second kappa shape index (κ2) is 4.86. The molecule has 0 radical (unpaired) electrons. The van der Waals surface area contributed by atoms with Crippen LogP contribution in [-0.4, -0.2) is 13.1 Å². The Hall–Kier alpha value is -0.0400. The van der Waals surface area contributed by atoms with Gasteiger partial charge in [0.2, 0.25) is 0 Å². The van der Waals surface area contributed by atoms with E-state index in [1.807, 2.05) is 0 Å². The van der Waals surface area contributed by atoms with E-state index in [9.17, 15) is 0 Å². The predicted molar refractivity (Wildman–Crippen MR) is 54.2 cm³/mol. The van der Waals surface area contributed by atoms with Gasteiger partial charge in [0.1, 0.15) is 0 Å². The maximum Gasteiger partial charge on any atom is -0.00205 e. The standard InChI is InChI=1S/C11H23N/c1-9(2)7-11-5-4-6-12-8-10(11)3/h9-12H,4-8H2,1-3H3/t10?,11-/m0/s1. The Balaban J connectivity index is 2.36. The zero-order valence-electron chi connectivity index (χ0n) is 8.77. The fourth-order valence-electron chi connectivity index (χ4n) is 2.23. The second-order valence-corrected chi connectivity index (χ2v) is 4.71. The molecule has 0 amide bonds. The fraction of sp³-hybridized carbons (Fsp3) is 1.00. The number of hydrogen-bond acceptors (Lipinski definition) is 1. The van der Waals surface area contributed by atoms with Crippen LogP contribution in [-0.2, 0) is 0 Å². The third-order valence-corrected chi connectivity index (χ3v) is 2.97. The molecule has 1 saturated heterocycles. The number of rotatable bonds is 2. The van der Waals surface area contributed by atoms with E-state index in [-0.39, 0.29) is 0 Å². The first-order valence-corrected chi connectivity index (χ1v) is 5.41. The number of hydrogen-bond donors (Lipinski definition) is 1. The van der Waals surface area contributed by atoms with Gasteiger partial charge in [0.15, 0.2) is 0 Å². The van der Waals surface area contributed by atoms with Gasteiger partial charge in [-0.05, 0) is 50.1 Å². The van der Waals surface area contributed by atoms with Crippen molar-refractivity contribution in [2.24, 2.45) is 17.8 Å². The van der Waals surface area contributed by atoms with Gasteiger partial charge in [-0.2, -0.15) is 0 Å². The molecule has 0 aromatic rings. The average Bonchev–Trinajstić information content (AvgIpc) is 2.16. The van der Waals surface area contributed by atoms with Crippen LogP contribution in [0.25, 0.3) is 0 Å². The summed E-state index contributed by atoms with van der Waals surface area (Å²) in [5.41, 5.74) is 0. The van der Waals surface area contributed by atoms with Gasteiger partial charge in [-0.15, -0.1) is 0 Å². The van der Waals surface area contributed by atoms with Crippen LogP contribution in [0.1, 0.15) is 40.0 Å². The molecule has 0 spiro atoms. The van der Waals surface area contributed by atoms with Crippen LogP contribution in [0.3, 0.4) is 0 Å². The normalized spacial score (nSPS) is 32.0. The molecule has 1 aliphatic rings. The Morgan fingerprint density at radius 3 is 2.83 bits per heavy atom. The summed E-state index contributed by atoms with van der Waals surface area (Å²) in [7, 11) is 0. The van der Waals surface area contributed by atoms with Crippen molar-refractivity contribution in [1.29, 1.82) is 0 Å². The van der Waals surface area contributed by atoms with E-state index in [4.69, 9.17) is 0 Å². The molecular formula is C11H23N. The largest absolute Gasteiger partial charge is 0.316 e. The molecule has 2 atom stereocenters. The zero-order valence-corrected chi connectivity index (χ0v) is 8.77. The van der Waals surface area contributed by atoms with Gasteiger partial charge in [-0.1, -0.05) is 20.8 Å². The molecule has 0 aromatic heterocycles. The van der Waals surface area contributed by atoms with Crippen molar-refractivity contribution in [3.63, 3.8) is 0 Å². The van der Waals surface area contributed by atoms with E-state index < -0.39 is 0 Å².